The van der Waals surface area contributed by atoms with Gasteiger partial charge in [-0.05, 0) is 32.1 Å². The highest BCUT2D eigenvalue weighted by Crippen LogP contribution is 2.07. The standard InChI is InChI=1S/C22H37N5O11/c1-37-18(32)9-7-15(22(36)38-2)27-21(35)14(26-20(34)12(23)6-8-16(28)29)5-3-4-10-25-19(33)13(24)11-17(30)31/h12-15H,3-11,23-24H2,1-2H3,(H,25,33)(H,26,34)(H,27,35)(H,28,29)(H,30,31). The molecule has 0 saturated carbocycles. The summed E-state index contributed by atoms with van der Waals surface area (Å²) in [4.78, 5) is 82.2. The van der Waals surface area contributed by atoms with Crippen LogP contribution in [0.4, 0.5) is 0 Å². The normalized spacial score (nSPS) is 13.7. The van der Waals surface area contributed by atoms with Crippen LogP contribution in [0.15, 0.2) is 0 Å². The van der Waals surface area contributed by atoms with E-state index < -0.39 is 72.2 Å². The number of hydrogen-bond acceptors (Lipinski definition) is 11. The van der Waals surface area contributed by atoms with E-state index in [4.69, 9.17) is 21.7 Å². The molecule has 0 rings (SSSR count). The van der Waals surface area contributed by atoms with Crippen molar-refractivity contribution in [3.05, 3.63) is 0 Å². The number of carbonyl (C=O) groups excluding carboxylic acids is 5. The average Bonchev–Trinajstić information content (AvgIpc) is 2.86. The second-order valence-electron chi connectivity index (χ2n) is 8.29. The number of ether oxygens (including phenoxy) is 2. The summed E-state index contributed by atoms with van der Waals surface area (Å²) in [5.74, 6) is -6.06. The van der Waals surface area contributed by atoms with Gasteiger partial charge in [0.15, 0.2) is 0 Å². The molecular formula is C22H37N5O11. The van der Waals surface area contributed by atoms with Crippen LogP contribution in [0.2, 0.25) is 0 Å². The number of amides is 3. The molecule has 0 aliphatic heterocycles. The van der Waals surface area contributed by atoms with Crippen LogP contribution in [0.3, 0.4) is 0 Å². The van der Waals surface area contributed by atoms with Gasteiger partial charge in [0.25, 0.3) is 0 Å². The number of unbranched alkanes of at least 4 members (excludes halogenated alkanes) is 1. The molecule has 16 heteroatoms. The van der Waals surface area contributed by atoms with E-state index in [-0.39, 0.29) is 45.1 Å². The first-order chi connectivity index (χ1) is 17.8. The zero-order valence-electron chi connectivity index (χ0n) is 21.4. The summed E-state index contributed by atoms with van der Waals surface area (Å²) in [6.45, 7) is 0.108. The predicted octanol–water partition coefficient (Wildman–Crippen LogP) is -2.64. The number of carbonyl (C=O) groups is 7. The van der Waals surface area contributed by atoms with Crippen LogP contribution in [-0.4, -0.2) is 96.7 Å². The zero-order valence-corrected chi connectivity index (χ0v) is 21.4. The van der Waals surface area contributed by atoms with Crippen LogP contribution in [0.1, 0.15) is 51.4 Å². The maximum absolute atomic E-state index is 12.9. The Labute approximate surface area is 219 Å². The van der Waals surface area contributed by atoms with Crippen molar-refractivity contribution >= 4 is 41.6 Å². The molecule has 0 radical (unpaired) electrons. The number of esters is 2. The van der Waals surface area contributed by atoms with Crippen molar-refractivity contribution in [2.45, 2.75) is 75.5 Å². The number of aliphatic carboxylic acids is 2. The highest BCUT2D eigenvalue weighted by molar-refractivity contribution is 5.92. The maximum atomic E-state index is 12.9. The number of nitrogens with one attached hydrogen (secondary N) is 3. The van der Waals surface area contributed by atoms with Crippen LogP contribution in [-0.2, 0) is 43.0 Å². The third-order valence-electron chi connectivity index (χ3n) is 5.26. The lowest BCUT2D eigenvalue weighted by Gasteiger charge is -2.23. The molecule has 0 aromatic heterocycles. The molecule has 216 valence electrons. The molecular weight excluding hydrogens is 510 g/mol. The van der Waals surface area contributed by atoms with Gasteiger partial charge in [-0.3, -0.25) is 28.8 Å². The number of rotatable bonds is 19. The molecule has 3 amide bonds. The van der Waals surface area contributed by atoms with Gasteiger partial charge >= 0.3 is 23.9 Å². The zero-order chi connectivity index (χ0) is 29.3. The molecule has 0 aromatic rings. The Bertz CT molecular complexity index is 852. The Morgan fingerprint density at radius 2 is 1.34 bits per heavy atom. The average molecular weight is 548 g/mol. The van der Waals surface area contributed by atoms with Gasteiger partial charge in [0.05, 0.1) is 32.7 Å². The highest BCUT2D eigenvalue weighted by atomic mass is 16.5. The van der Waals surface area contributed by atoms with Gasteiger partial charge in [-0.15, -0.1) is 0 Å². The van der Waals surface area contributed by atoms with Gasteiger partial charge in [0.2, 0.25) is 17.7 Å². The second-order valence-corrected chi connectivity index (χ2v) is 8.29. The summed E-state index contributed by atoms with van der Waals surface area (Å²) in [7, 11) is 2.26. The fourth-order valence-electron chi connectivity index (χ4n) is 3.08. The number of methoxy groups -OCH3 is 2. The van der Waals surface area contributed by atoms with E-state index >= 15 is 0 Å². The lowest BCUT2D eigenvalue weighted by Crippen LogP contribution is -2.54. The van der Waals surface area contributed by atoms with Crippen LogP contribution < -0.4 is 27.4 Å². The monoisotopic (exact) mass is 547 g/mol. The summed E-state index contributed by atoms with van der Waals surface area (Å²) in [5, 5.41) is 24.8. The molecule has 4 atom stereocenters. The largest absolute Gasteiger partial charge is 0.481 e. The fourth-order valence-corrected chi connectivity index (χ4v) is 3.08. The van der Waals surface area contributed by atoms with Crippen molar-refractivity contribution in [3.63, 3.8) is 0 Å². The minimum Gasteiger partial charge on any atom is -0.481 e. The lowest BCUT2D eigenvalue weighted by atomic mass is 10.1. The number of hydrogen-bond donors (Lipinski definition) is 7. The van der Waals surface area contributed by atoms with Crippen molar-refractivity contribution < 1.29 is 53.2 Å². The van der Waals surface area contributed by atoms with Crippen LogP contribution in [0.5, 0.6) is 0 Å². The van der Waals surface area contributed by atoms with E-state index in [0.717, 1.165) is 14.2 Å². The minimum atomic E-state index is -1.23. The quantitative estimate of drug-likeness (QED) is 0.0644. The van der Waals surface area contributed by atoms with Crippen molar-refractivity contribution in [2.75, 3.05) is 20.8 Å². The summed E-state index contributed by atoms with van der Waals surface area (Å²) >= 11 is 0. The van der Waals surface area contributed by atoms with E-state index in [1.54, 1.807) is 0 Å². The Hall–Kier alpha value is -3.79. The molecule has 16 nitrogen and oxygen atoms in total. The third kappa shape index (κ3) is 14.7. The fraction of sp³-hybridized carbons (Fsp3) is 0.682. The Balaban J connectivity index is 5.23. The SMILES string of the molecule is COC(=O)CCC(NC(=O)C(CCCCNC(=O)C(N)CC(=O)O)NC(=O)C(N)CCC(=O)O)C(=O)OC. The Kier molecular flexibility index (Phi) is 16.6. The number of carboxylic acids is 2. The summed E-state index contributed by atoms with van der Waals surface area (Å²) in [6.07, 6.45) is -0.787. The van der Waals surface area contributed by atoms with E-state index in [9.17, 15) is 33.6 Å². The molecule has 0 aromatic carbocycles. The predicted molar refractivity (Wildman–Crippen MR) is 129 cm³/mol. The van der Waals surface area contributed by atoms with Crippen LogP contribution in [0.25, 0.3) is 0 Å². The lowest BCUT2D eigenvalue weighted by molar-refractivity contribution is -0.146. The van der Waals surface area contributed by atoms with Gasteiger partial charge in [-0.1, -0.05) is 0 Å². The first-order valence-corrected chi connectivity index (χ1v) is 11.8. The van der Waals surface area contributed by atoms with Crippen molar-refractivity contribution in [3.8, 4) is 0 Å². The molecule has 0 spiro atoms. The van der Waals surface area contributed by atoms with Gasteiger partial charge in [0, 0.05) is 19.4 Å². The van der Waals surface area contributed by atoms with E-state index in [1.807, 2.05) is 0 Å². The molecule has 0 aliphatic carbocycles. The number of carboxylic acid groups (broad SMARTS) is 2. The summed E-state index contributed by atoms with van der Waals surface area (Å²) in [5.41, 5.74) is 11.2. The van der Waals surface area contributed by atoms with Crippen LogP contribution >= 0.6 is 0 Å². The molecule has 4 unspecified atom stereocenters. The van der Waals surface area contributed by atoms with Crippen molar-refractivity contribution in [1.82, 2.24) is 16.0 Å². The van der Waals surface area contributed by atoms with Gasteiger partial charge in [-0.25, -0.2) is 4.79 Å². The smallest absolute Gasteiger partial charge is 0.328 e. The van der Waals surface area contributed by atoms with Gasteiger partial charge in [0.1, 0.15) is 12.1 Å². The summed E-state index contributed by atoms with van der Waals surface area (Å²) in [6, 6.07) is -4.86. The molecule has 0 bridgehead atoms. The first kappa shape index (κ1) is 34.2. The maximum Gasteiger partial charge on any atom is 0.328 e. The molecule has 0 fully saturated rings. The third-order valence-corrected chi connectivity index (χ3v) is 5.26. The number of nitrogens with two attached hydrogens (primary N) is 2. The highest BCUT2D eigenvalue weighted by Gasteiger charge is 2.29. The van der Waals surface area contributed by atoms with Crippen molar-refractivity contribution in [1.29, 1.82) is 0 Å². The second kappa shape index (κ2) is 18.5. The molecule has 0 saturated heterocycles. The van der Waals surface area contributed by atoms with E-state index in [0.29, 0.717) is 6.42 Å². The van der Waals surface area contributed by atoms with Gasteiger partial charge in [-0.2, -0.15) is 0 Å². The molecule has 0 aliphatic rings. The van der Waals surface area contributed by atoms with Crippen molar-refractivity contribution in [2.24, 2.45) is 11.5 Å². The molecule has 0 heterocycles. The van der Waals surface area contributed by atoms with Gasteiger partial charge < -0.3 is 47.1 Å². The first-order valence-electron chi connectivity index (χ1n) is 11.8. The summed E-state index contributed by atoms with van der Waals surface area (Å²) < 4.78 is 9.18. The Morgan fingerprint density at radius 3 is 1.89 bits per heavy atom. The van der Waals surface area contributed by atoms with E-state index in [2.05, 4.69) is 25.4 Å². The molecule has 9 N–H and O–H groups in total. The van der Waals surface area contributed by atoms with E-state index in [1.165, 1.54) is 0 Å². The topological polar surface area (TPSA) is 267 Å². The molecule has 38 heavy (non-hydrogen) atoms. The van der Waals surface area contributed by atoms with Crippen LogP contribution in [0, 0.1) is 0 Å². The minimum absolute atomic E-state index is 0.0329. The Morgan fingerprint density at radius 1 is 0.711 bits per heavy atom.